The molecular formula is C51H71N7O6. The van der Waals surface area contributed by atoms with Crippen molar-refractivity contribution in [2.75, 3.05) is 27.2 Å². The lowest BCUT2D eigenvalue weighted by Gasteiger charge is -2.37. The summed E-state index contributed by atoms with van der Waals surface area (Å²) in [5, 5.41) is 0. The van der Waals surface area contributed by atoms with Gasteiger partial charge in [0.05, 0.1) is 24.0 Å². The summed E-state index contributed by atoms with van der Waals surface area (Å²) >= 11 is 0. The van der Waals surface area contributed by atoms with E-state index in [9.17, 15) is 19.2 Å². The quantitative estimate of drug-likeness (QED) is 0.180. The molecule has 3 aliphatic heterocycles. The fourth-order valence-electron chi connectivity index (χ4n) is 9.15. The molecule has 0 saturated carbocycles. The van der Waals surface area contributed by atoms with Crippen LogP contribution < -0.4 is 0 Å². The molecule has 2 fully saturated rings. The highest BCUT2D eigenvalue weighted by molar-refractivity contribution is 6.04. The molecule has 346 valence electrons. The standard InChI is InChI=1S/C51H71N7O6/c1-13-32(3)43(55(11)48(61)63-50(5,6)7)46(59)57-27-15-17-41(57)39-29-38(30-52-39)36-21-19-34(20-22-36)35-23-25-37(26-24-35)40-31-53-45(54-40)42-18-16-28-58(42)47(60)44(33(4)14-2)56(12)49(62)64-51(8,9)10/h19-26,30-33,41-44H,13-18,27-29H2,1-12H3,(H,53,54)/t32-,33-,41+,42?,43+,44+/m1/s1. The number of imidazole rings is 1. The van der Waals surface area contributed by atoms with Gasteiger partial charge in [-0.1, -0.05) is 89.1 Å². The average Bonchev–Trinajstić information content (AvgIpc) is 4.09. The van der Waals surface area contributed by atoms with E-state index >= 15 is 0 Å². The largest absolute Gasteiger partial charge is 0.444 e. The van der Waals surface area contributed by atoms with E-state index in [2.05, 4.69) is 53.5 Å². The summed E-state index contributed by atoms with van der Waals surface area (Å²) in [4.78, 5) is 74.5. The van der Waals surface area contributed by atoms with Crippen LogP contribution in [0.1, 0.15) is 132 Å². The van der Waals surface area contributed by atoms with Gasteiger partial charge in [-0.25, -0.2) is 14.6 Å². The lowest BCUT2D eigenvalue weighted by molar-refractivity contribution is -0.139. The number of nitrogens with zero attached hydrogens (tertiary/aromatic N) is 6. The fourth-order valence-corrected chi connectivity index (χ4v) is 9.15. The third kappa shape index (κ3) is 10.9. The van der Waals surface area contributed by atoms with E-state index in [0.717, 1.165) is 83.6 Å². The Kier molecular flexibility index (Phi) is 14.8. The summed E-state index contributed by atoms with van der Waals surface area (Å²) in [5.74, 6) is 0.511. The van der Waals surface area contributed by atoms with E-state index in [1.165, 1.54) is 9.80 Å². The molecule has 0 spiro atoms. The Balaban J connectivity index is 1.08. The first-order chi connectivity index (χ1) is 30.2. The van der Waals surface area contributed by atoms with E-state index in [-0.39, 0.29) is 35.7 Å². The first kappa shape index (κ1) is 48.0. The highest BCUT2D eigenvalue weighted by Gasteiger charge is 2.43. The lowest BCUT2D eigenvalue weighted by atomic mass is 9.94. The van der Waals surface area contributed by atoms with Crippen LogP contribution in [0.15, 0.2) is 65.9 Å². The molecule has 2 saturated heterocycles. The minimum Gasteiger partial charge on any atom is -0.444 e. The van der Waals surface area contributed by atoms with Gasteiger partial charge < -0.3 is 24.3 Å². The second kappa shape index (κ2) is 19.7. The number of likely N-dealkylation sites (tertiary alicyclic amines) is 2. The molecular weight excluding hydrogens is 807 g/mol. The number of aromatic nitrogens is 2. The zero-order valence-corrected chi connectivity index (χ0v) is 40.2. The molecule has 6 atom stereocenters. The number of aromatic amines is 1. The highest BCUT2D eigenvalue weighted by Crippen LogP contribution is 2.36. The number of allylic oxidation sites excluding steroid dienone is 1. The highest BCUT2D eigenvalue weighted by atomic mass is 16.6. The maximum Gasteiger partial charge on any atom is 0.410 e. The van der Waals surface area contributed by atoms with Crippen molar-refractivity contribution in [3.8, 4) is 22.4 Å². The van der Waals surface area contributed by atoms with Crippen molar-refractivity contribution < 1.29 is 28.7 Å². The Morgan fingerprint density at radius 3 is 1.61 bits per heavy atom. The van der Waals surface area contributed by atoms with Gasteiger partial charge in [0.15, 0.2) is 0 Å². The van der Waals surface area contributed by atoms with Crippen molar-refractivity contribution >= 4 is 35.3 Å². The summed E-state index contributed by atoms with van der Waals surface area (Å²) in [6.07, 6.45) is 8.30. The smallest absolute Gasteiger partial charge is 0.410 e. The predicted molar refractivity (Wildman–Crippen MR) is 252 cm³/mol. The maximum atomic E-state index is 14.2. The Morgan fingerprint density at radius 2 is 1.14 bits per heavy atom. The van der Waals surface area contributed by atoms with Gasteiger partial charge in [0.25, 0.3) is 0 Å². The number of rotatable bonds is 13. The molecule has 4 heterocycles. The minimum absolute atomic E-state index is 0.0408. The van der Waals surface area contributed by atoms with E-state index in [4.69, 9.17) is 19.5 Å². The number of aliphatic imine (C=N–C) groups is 1. The van der Waals surface area contributed by atoms with Gasteiger partial charge in [0.2, 0.25) is 11.8 Å². The number of hydrogen-bond donors (Lipinski definition) is 1. The van der Waals surface area contributed by atoms with Crippen molar-refractivity contribution in [3.63, 3.8) is 0 Å². The molecule has 3 aliphatic rings. The number of hydrogen-bond acceptors (Lipinski definition) is 8. The maximum absolute atomic E-state index is 14.2. The van der Waals surface area contributed by atoms with Crippen LogP contribution >= 0.6 is 0 Å². The third-order valence-corrected chi connectivity index (χ3v) is 13.0. The molecule has 64 heavy (non-hydrogen) atoms. The molecule has 2 aromatic carbocycles. The van der Waals surface area contributed by atoms with Crippen LogP contribution in [-0.2, 0) is 19.1 Å². The molecule has 13 nitrogen and oxygen atoms in total. The molecule has 1 unspecified atom stereocenters. The number of benzene rings is 2. The number of ether oxygens (including phenoxy) is 2. The van der Waals surface area contributed by atoms with Gasteiger partial charge in [-0.05, 0) is 107 Å². The number of carbonyl (C=O) groups excluding carboxylic acids is 4. The molecule has 4 amide bonds. The van der Waals surface area contributed by atoms with Gasteiger partial charge in [0.1, 0.15) is 29.1 Å². The second-order valence-electron chi connectivity index (χ2n) is 20.0. The number of carbonyl (C=O) groups is 4. The zero-order chi connectivity index (χ0) is 46.7. The van der Waals surface area contributed by atoms with Gasteiger partial charge in [-0.2, -0.15) is 0 Å². The molecule has 0 aliphatic carbocycles. The summed E-state index contributed by atoms with van der Waals surface area (Å²) in [6.45, 7) is 20.3. The summed E-state index contributed by atoms with van der Waals surface area (Å²) in [6, 6.07) is 15.3. The van der Waals surface area contributed by atoms with Crippen LogP contribution in [0.4, 0.5) is 9.59 Å². The molecule has 1 N–H and O–H groups in total. The van der Waals surface area contributed by atoms with E-state index < -0.39 is 35.5 Å². The molecule has 0 radical (unpaired) electrons. The van der Waals surface area contributed by atoms with Crippen LogP contribution in [0, 0.1) is 11.8 Å². The van der Waals surface area contributed by atoms with Crippen molar-refractivity contribution in [1.82, 2.24) is 29.6 Å². The van der Waals surface area contributed by atoms with E-state index in [1.807, 2.05) is 91.4 Å². The number of H-pyrrole nitrogens is 1. The van der Waals surface area contributed by atoms with Gasteiger partial charge in [-0.3, -0.25) is 24.4 Å². The van der Waals surface area contributed by atoms with Crippen LogP contribution in [0.2, 0.25) is 0 Å². The van der Waals surface area contributed by atoms with Crippen LogP contribution in [0.3, 0.4) is 0 Å². The summed E-state index contributed by atoms with van der Waals surface area (Å²) in [7, 11) is 3.33. The van der Waals surface area contributed by atoms with E-state index in [0.29, 0.717) is 19.5 Å². The molecule has 6 rings (SSSR count). The average molecular weight is 878 g/mol. The first-order valence-corrected chi connectivity index (χ1v) is 23.3. The Bertz CT molecular complexity index is 2200. The summed E-state index contributed by atoms with van der Waals surface area (Å²) < 4.78 is 11.3. The summed E-state index contributed by atoms with van der Waals surface area (Å²) in [5.41, 5.74) is 5.90. The topological polar surface area (TPSA) is 141 Å². The Morgan fingerprint density at radius 1 is 0.703 bits per heavy atom. The molecule has 0 bridgehead atoms. The Labute approximate surface area is 380 Å². The molecule has 3 aromatic rings. The predicted octanol–water partition coefficient (Wildman–Crippen LogP) is 10.1. The van der Waals surface area contributed by atoms with Gasteiger partial charge >= 0.3 is 12.2 Å². The van der Waals surface area contributed by atoms with Crippen molar-refractivity contribution in [1.29, 1.82) is 0 Å². The van der Waals surface area contributed by atoms with Gasteiger partial charge in [0, 0.05) is 45.5 Å². The number of likely N-dealkylation sites (N-methyl/N-ethyl adjacent to an activating group) is 2. The normalized spacial score (nSPS) is 19.7. The number of amides is 4. The molecule has 1 aromatic heterocycles. The fraction of sp³-hybridized carbons (Fsp3) is 0.569. The van der Waals surface area contributed by atoms with Crippen LogP contribution in [-0.4, -0.2) is 116 Å². The van der Waals surface area contributed by atoms with Crippen molar-refractivity contribution in [2.24, 2.45) is 16.8 Å². The minimum atomic E-state index is -0.666. The van der Waals surface area contributed by atoms with Crippen LogP contribution in [0.5, 0.6) is 0 Å². The lowest BCUT2D eigenvalue weighted by Crippen LogP contribution is -2.55. The number of nitrogens with one attached hydrogen (secondary N) is 1. The first-order valence-electron chi connectivity index (χ1n) is 23.3. The van der Waals surface area contributed by atoms with Crippen molar-refractivity contribution in [2.45, 2.75) is 150 Å². The zero-order valence-electron chi connectivity index (χ0n) is 40.2. The molecule has 13 heteroatoms. The second-order valence-corrected chi connectivity index (χ2v) is 20.0. The van der Waals surface area contributed by atoms with Crippen LogP contribution in [0.25, 0.3) is 28.0 Å². The SMILES string of the molecule is CC[C@@H](C)[C@@H](C(=O)N1CCCC1c1ncc(-c2ccc(-c3ccc(C4=CN=C([C@@H]5CCCN5C(=O)[C@H]([C@H](C)CC)N(C)C(=O)OC(C)(C)C)C4)cc3)cc2)[nH]1)N(C)C(=O)OC(C)(C)C. The van der Waals surface area contributed by atoms with Crippen molar-refractivity contribution in [3.05, 3.63) is 72.3 Å². The van der Waals surface area contributed by atoms with Gasteiger partial charge in [-0.15, -0.1) is 0 Å². The van der Waals surface area contributed by atoms with E-state index in [1.54, 1.807) is 14.1 Å². The Hall–Kier alpha value is -5.46. The monoisotopic (exact) mass is 878 g/mol. The third-order valence-electron chi connectivity index (χ3n) is 13.0.